The predicted octanol–water partition coefficient (Wildman–Crippen LogP) is 4.55. The molecule has 2 unspecified atom stereocenters. The van der Waals surface area contributed by atoms with E-state index >= 15 is 0 Å². The van der Waals surface area contributed by atoms with Crippen molar-refractivity contribution in [2.75, 3.05) is 0 Å². The van der Waals surface area contributed by atoms with Crippen molar-refractivity contribution in [3.8, 4) is 0 Å². The molecule has 0 nitrogen and oxygen atoms in total. The molecule has 7 rings (SSSR count). The monoisotopic (exact) mass is 746 g/mol. The number of hydrogen-bond donors (Lipinski definition) is 0. The Kier molecular flexibility index (Phi) is 9.87. The number of halogens is 2. The van der Waals surface area contributed by atoms with Crippen LogP contribution in [0, 0.1) is 11.8 Å². The van der Waals surface area contributed by atoms with Crippen LogP contribution in [-0.2, 0) is 23.2 Å². The van der Waals surface area contributed by atoms with Gasteiger partial charge in [-0.1, -0.05) is 0 Å². The fraction of sp³-hybridized carbons (Fsp3) is 0.316. The van der Waals surface area contributed by atoms with Crippen molar-refractivity contribution in [1.82, 2.24) is 0 Å². The molecule has 0 fully saturated rings. The van der Waals surface area contributed by atoms with Crippen LogP contribution in [0.4, 0.5) is 0 Å². The predicted molar refractivity (Wildman–Crippen MR) is 186 cm³/mol. The Morgan fingerprint density at radius 3 is 1.20 bits per heavy atom. The average molecular weight is 749 g/mol. The maximum Gasteiger partial charge on any atom is -1.00 e. The summed E-state index contributed by atoms with van der Waals surface area (Å²) in [4.78, 5) is 2.38. The molecule has 1 heterocycles. The molecule has 1 aliphatic heterocycles. The first-order valence-corrected chi connectivity index (χ1v) is 22.0. The molecular formula is C38H38Cl2S2SiZr. The van der Waals surface area contributed by atoms with Crippen LogP contribution in [0.15, 0.2) is 111 Å². The second-order valence-electron chi connectivity index (χ2n) is 12.6. The molecule has 0 spiro atoms. The Bertz CT molecular complexity index is 1660. The van der Waals surface area contributed by atoms with Gasteiger partial charge in [0, 0.05) is 0 Å². The van der Waals surface area contributed by atoms with E-state index in [9.17, 15) is 0 Å². The van der Waals surface area contributed by atoms with Crippen LogP contribution in [0.3, 0.4) is 0 Å². The van der Waals surface area contributed by atoms with Gasteiger partial charge in [-0.2, -0.15) is 0 Å². The van der Waals surface area contributed by atoms with Crippen molar-refractivity contribution in [3.63, 3.8) is 0 Å². The second kappa shape index (κ2) is 12.7. The van der Waals surface area contributed by atoms with Crippen LogP contribution in [0.5, 0.6) is 0 Å². The molecule has 2 aromatic rings. The van der Waals surface area contributed by atoms with Crippen molar-refractivity contribution in [2.45, 2.75) is 66.5 Å². The molecular weight excluding hydrogens is 711 g/mol. The quantitative estimate of drug-likeness (QED) is 0.315. The van der Waals surface area contributed by atoms with Crippen LogP contribution in [0.1, 0.15) is 64.5 Å². The van der Waals surface area contributed by atoms with Gasteiger partial charge in [0.05, 0.1) is 0 Å². The Labute approximate surface area is 299 Å². The van der Waals surface area contributed by atoms with Crippen LogP contribution in [0.25, 0.3) is 11.1 Å². The van der Waals surface area contributed by atoms with Crippen molar-refractivity contribution >= 4 is 53.4 Å². The summed E-state index contributed by atoms with van der Waals surface area (Å²) >= 11 is 11.7. The Morgan fingerprint density at radius 2 is 0.886 bits per heavy atom. The van der Waals surface area contributed by atoms with Crippen LogP contribution < -0.4 is 24.8 Å². The number of hydrogen-bond acceptors (Lipinski definition) is 2. The van der Waals surface area contributed by atoms with Gasteiger partial charge < -0.3 is 24.8 Å². The van der Waals surface area contributed by atoms with E-state index in [0.717, 1.165) is 25.7 Å². The van der Waals surface area contributed by atoms with Gasteiger partial charge >= 0.3 is 277 Å². The SMILES string of the molecule is CCC1=[C]2[Zr+2][C]3=C(CC)C(=S)C4=C(CC)C(=C(c5ccccc5)C34)[Si](C)(C)C3=C(c4ccccc4)C2C(=C3CC)C1=S.[Cl-].[Cl-]. The smallest absolute Gasteiger partial charge is 1.00 e. The molecule has 4 bridgehead atoms. The third-order valence-electron chi connectivity index (χ3n) is 10.3. The first kappa shape index (κ1) is 34.1. The second-order valence-corrected chi connectivity index (χ2v) is 20.9. The summed E-state index contributed by atoms with van der Waals surface area (Å²) in [5.74, 6) is 0.703. The van der Waals surface area contributed by atoms with E-state index in [1.807, 2.05) is 0 Å². The molecule has 0 amide bonds. The van der Waals surface area contributed by atoms with E-state index in [0.29, 0.717) is 11.8 Å². The van der Waals surface area contributed by atoms with Gasteiger partial charge in [0.1, 0.15) is 0 Å². The van der Waals surface area contributed by atoms with Crippen molar-refractivity contribution in [2.24, 2.45) is 11.8 Å². The minimum atomic E-state index is -2.26. The summed E-state index contributed by atoms with van der Waals surface area (Å²) in [6.45, 7) is 14.7. The number of allylic oxidation sites excluding steroid dienone is 12. The topological polar surface area (TPSA) is 0 Å². The maximum absolute atomic E-state index is 6.47. The van der Waals surface area contributed by atoms with Gasteiger partial charge in [-0.15, -0.1) is 0 Å². The Hall–Kier alpha value is -1.26. The number of rotatable bonds is 6. The summed E-state index contributed by atoms with van der Waals surface area (Å²) < 4.78 is 3.47. The largest absolute Gasteiger partial charge is 1.00 e. The standard InChI is InChI=1S/C38H38S2Si.2ClH.Zr/c1-7-23-21-29-31(25-17-13-11-14-18-25)37(27(9-3)33(29)35(23)39)41(5,6)38-28(10-4)34-30(22-24(8-2)36(34)40)32(38)26-19-15-12-16-20-26;;;/h11-20,29-30H,7-10H2,1-6H3;2*1H;/q;;;+2/p-2. The fourth-order valence-corrected chi connectivity index (χ4v) is 19.6. The van der Waals surface area contributed by atoms with E-state index in [1.165, 1.54) is 43.1 Å². The molecule has 6 heteroatoms. The Morgan fingerprint density at radius 1 is 0.545 bits per heavy atom. The van der Waals surface area contributed by atoms with Gasteiger partial charge in [0.2, 0.25) is 0 Å². The van der Waals surface area contributed by atoms with Crippen LogP contribution >= 0.6 is 24.4 Å². The molecule has 44 heavy (non-hydrogen) atoms. The van der Waals surface area contributed by atoms with E-state index in [2.05, 4.69) is 101 Å². The van der Waals surface area contributed by atoms with E-state index in [-0.39, 0.29) is 24.8 Å². The molecule has 2 aromatic carbocycles. The van der Waals surface area contributed by atoms with Gasteiger partial charge in [0.25, 0.3) is 0 Å². The third kappa shape index (κ3) is 4.56. The third-order valence-corrected chi connectivity index (χ3v) is 19.1. The zero-order valence-electron chi connectivity index (χ0n) is 26.3. The summed E-state index contributed by atoms with van der Waals surface area (Å²) in [6.07, 6.45) is 4.15. The van der Waals surface area contributed by atoms with E-state index in [1.54, 1.807) is 39.2 Å². The number of benzene rings is 2. The minimum Gasteiger partial charge on any atom is -1.00 e. The molecule has 0 saturated carbocycles. The first-order chi connectivity index (χ1) is 20.3. The minimum absolute atomic E-state index is 0. The molecule has 4 aliphatic carbocycles. The molecule has 2 atom stereocenters. The summed E-state index contributed by atoms with van der Waals surface area (Å²) in [7, 11) is -2.26. The normalized spacial score (nSPS) is 23.0. The van der Waals surface area contributed by atoms with Crippen molar-refractivity contribution < 1.29 is 48.0 Å². The van der Waals surface area contributed by atoms with E-state index < -0.39 is 31.3 Å². The van der Waals surface area contributed by atoms with Crippen molar-refractivity contribution in [1.29, 1.82) is 0 Å². The van der Waals surface area contributed by atoms with Crippen molar-refractivity contribution in [3.05, 3.63) is 122 Å². The first-order valence-electron chi connectivity index (χ1n) is 15.7. The van der Waals surface area contributed by atoms with Crippen LogP contribution in [-0.4, -0.2) is 17.8 Å². The van der Waals surface area contributed by atoms with Crippen LogP contribution in [0.2, 0.25) is 13.1 Å². The average Bonchev–Trinajstić information content (AvgIpc) is 3.69. The molecule has 0 radical (unpaired) electrons. The summed E-state index contributed by atoms with van der Waals surface area (Å²) in [5.41, 5.74) is 15.2. The van der Waals surface area contributed by atoms with Gasteiger partial charge in [-0.05, 0) is 0 Å². The molecule has 0 saturated heterocycles. The maximum atomic E-state index is 6.47. The fourth-order valence-electron chi connectivity index (χ4n) is 8.84. The van der Waals surface area contributed by atoms with Gasteiger partial charge in [0.15, 0.2) is 0 Å². The molecule has 0 aromatic heterocycles. The van der Waals surface area contributed by atoms with Gasteiger partial charge in [-0.25, -0.2) is 0 Å². The summed E-state index contributed by atoms with van der Waals surface area (Å²) in [6, 6.07) is 22.8. The number of thiocarbonyl (C=S) groups is 2. The van der Waals surface area contributed by atoms with Gasteiger partial charge in [-0.3, -0.25) is 0 Å². The zero-order valence-corrected chi connectivity index (χ0v) is 32.9. The van der Waals surface area contributed by atoms with E-state index in [4.69, 9.17) is 24.4 Å². The molecule has 0 N–H and O–H groups in total. The molecule has 5 aliphatic rings. The molecule has 224 valence electrons. The Balaban J connectivity index is 0.00000192. The zero-order chi connectivity index (χ0) is 29.5. The summed E-state index contributed by atoms with van der Waals surface area (Å²) in [5, 5.41) is 3.35.